The summed E-state index contributed by atoms with van der Waals surface area (Å²) in [5.74, 6) is 0.871. The first kappa shape index (κ1) is 20.9. The zero-order valence-corrected chi connectivity index (χ0v) is 17.6. The Bertz CT molecular complexity index is 1260. The third-order valence-corrected chi connectivity index (χ3v) is 4.88. The van der Waals surface area contributed by atoms with Gasteiger partial charge in [0.2, 0.25) is 0 Å². The Labute approximate surface area is 186 Å². The molecule has 0 unspecified atom stereocenters. The van der Waals surface area contributed by atoms with E-state index in [4.69, 9.17) is 9.47 Å². The first-order chi connectivity index (χ1) is 15.7. The number of carbonyl (C=O) groups excluding carboxylic acids is 1. The van der Waals surface area contributed by atoms with Crippen LogP contribution in [0.25, 0.3) is 16.9 Å². The number of ether oxygens (including phenoxy) is 2. The maximum Gasteiger partial charge on any atom is 0.338 e. The third kappa shape index (κ3) is 4.68. The Morgan fingerprint density at radius 1 is 1.06 bits per heavy atom. The van der Waals surface area contributed by atoms with E-state index in [1.807, 2.05) is 60.8 Å². The van der Waals surface area contributed by atoms with Crippen LogP contribution in [0.1, 0.15) is 28.4 Å². The zero-order chi connectivity index (χ0) is 22.3. The number of carbonyl (C=O) groups is 1. The fraction of sp³-hybridized carbons (Fsp3) is 0.115. The lowest BCUT2D eigenvalue weighted by molar-refractivity contribution is 0.0526. The van der Waals surface area contributed by atoms with Gasteiger partial charge in [-0.3, -0.25) is 0 Å². The Balaban J connectivity index is 1.55. The highest BCUT2D eigenvalue weighted by Crippen LogP contribution is 2.28. The average Bonchev–Trinajstić information content (AvgIpc) is 3.29. The molecule has 0 amide bonds. The summed E-state index contributed by atoms with van der Waals surface area (Å²) < 4.78 is 12.6. The summed E-state index contributed by atoms with van der Waals surface area (Å²) in [4.78, 5) is 16.4. The summed E-state index contributed by atoms with van der Waals surface area (Å²) in [5.41, 5.74) is 3.66. The molecule has 0 aliphatic carbocycles. The molecule has 0 atom stereocenters. The Hall–Kier alpha value is -4.37. The molecule has 0 radical (unpaired) electrons. The monoisotopic (exact) mass is 423 g/mol. The van der Waals surface area contributed by atoms with Crippen LogP contribution in [0.3, 0.4) is 0 Å². The van der Waals surface area contributed by atoms with Crippen molar-refractivity contribution >= 4 is 5.97 Å². The molecule has 2 aromatic heterocycles. The van der Waals surface area contributed by atoms with Gasteiger partial charge in [-0.15, -0.1) is 0 Å². The van der Waals surface area contributed by atoms with Crippen molar-refractivity contribution in [2.24, 2.45) is 0 Å². The molecule has 158 valence electrons. The summed E-state index contributed by atoms with van der Waals surface area (Å²) >= 11 is 0. The van der Waals surface area contributed by atoms with E-state index in [9.17, 15) is 10.1 Å². The first-order valence-electron chi connectivity index (χ1n) is 10.2. The highest BCUT2D eigenvalue weighted by molar-refractivity contribution is 5.89. The van der Waals surface area contributed by atoms with Crippen LogP contribution < -0.4 is 4.74 Å². The number of nitriles is 1. The number of aromatic nitrogens is 2. The molecule has 0 aliphatic rings. The number of hydrogen-bond donors (Lipinski definition) is 0. The standard InChI is InChI=1S/C26H21N3O3/c1-2-31-26(30)21-12-13-28-25(14-21)29-16-22(15-27)24(17-29)20-8-10-23(11-9-20)32-18-19-6-4-3-5-7-19/h3-14,16-17H,2,18H2,1H3. The van der Waals surface area contributed by atoms with E-state index in [1.165, 1.54) is 0 Å². The molecular formula is C26H21N3O3. The van der Waals surface area contributed by atoms with Crippen LogP contribution >= 0.6 is 0 Å². The molecule has 0 bridgehead atoms. The van der Waals surface area contributed by atoms with Crippen molar-refractivity contribution < 1.29 is 14.3 Å². The number of rotatable bonds is 7. The van der Waals surface area contributed by atoms with Gasteiger partial charge in [-0.1, -0.05) is 42.5 Å². The molecule has 2 heterocycles. The summed E-state index contributed by atoms with van der Waals surface area (Å²) in [6.07, 6.45) is 5.08. The fourth-order valence-corrected chi connectivity index (χ4v) is 3.28. The van der Waals surface area contributed by atoms with Crippen molar-refractivity contribution in [2.75, 3.05) is 6.61 Å². The number of pyridine rings is 1. The average molecular weight is 423 g/mol. The van der Waals surface area contributed by atoms with Crippen molar-refractivity contribution in [3.8, 4) is 28.8 Å². The van der Waals surface area contributed by atoms with Crippen LogP contribution in [-0.2, 0) is 11.3 Å². The maximum absolute atomic E-state index is 12.0. The minimum atomic E-state index is -0.407. The van der Waals surface area contributed by atoms with E-state index >= 15 is 0 Å². The van der Waals surface area contributed by atoms with Gasteiger partial charge in [-0.2, -0.15) is 5.26 Å². The molecular weight excluding hydrogens is 402 g/mol. The molecule has 0 fully saturated rings. The molecule has 6 nitrogen and oxygen atoms in total. The highest BCUT2D eigenvalue weighted by atomic mass is 16.5. The van der Waals surface area contributed by atoms with Crippen molar-refractivity contribution in [1.29, 1.82) is 5.26 Å². The van der Waals surface area contributed by atoms with Gasteiger partial charge in [0.25, 0.3) is 0 Å². The van der Waals surface area contributed by atoms with E-state index < -0.39 is 5.97 Å². The first-order valence-corrected chi connectivity index (χ1v) is 10.2. The second-order valence-corrected chi connectivity index (χ2v) is 7.03. The summed E-state index contributed by atoms with van der Waals surface area (Å²) in [5, 5.41) is 9.64. The van der Waals surface area contributed by atoms with E-state index in [-0.39, 0.29) is 0 Å². The van der Waals surface area contributed by atoms with Crippen LogP contribution in [-0.4, -0.2) is 22.1 Å². The largest absolute Gasteiger partial charge is 0.489 e. The van der Waals surface area contributed by atoms with Gasteiger partial charge >= 0.3 is 5.97 Å². The summed E-state index contributed by atoms with van der Waals surface area (Å²) in [7, 11) is 0. The van der Waals surface area contributed by atoms with E-state index in [2.05, 4.69) is 11.1 Å². The molecule has 0 aliphatic heterocycles. The number of esters is 1. The van der Waals surface area contributed by atoms with Crippen molar-refractivity contribution in [3.63, 3.8) is 0 Å². The van der Waals surface area contributed by atoms with Gasteiger partial charge < -0.3 is 14.0 Å². The number of nitrogens with zero attached hydrogens (tertiary/aromatic N) is 3. The Morgan fingerprint density at radius 2 is 1.84 bits per heavy atom. The van der Waals surface area contributed by atoms with Gasteiger partial charge in [-0.05, 0) is 42.3 Å². The molecule has 2 aromatic carbocycles. The normalized spacial score (nSPS) is 10.4. The topological polar surface area (TPSA) is 77.1 Å². The van der Waals surface area contributed by atoms with Gasteiger partial charge in [0.15, 0.2) is 0 Å². The lowest BCUT2D eigenvalue weighted by atomic mass is 10.1. The van der Waals surface area contributed by atoms with E-state index in [0.29, 0.717) is 30.2 Å². The quantitative estimate of drug-likeness (QED) is 0.384. The molecule has 0 N–H and O–H groups in total. The lowest BCUT2D eigenvalue weighted by Gasteiger charge is -2.07. The predicted molar refractivity (Wildman–Crippen MR) is 120 cm³/mol. The third-order valence-electron chi connectivity index (χ3n) is 4.88. The molecule has 4 rings (SSSR count). The zero-order valence-electron chi connectivity index (χ0n) is 17.6. The summed E-state index contributed by atoms with van der Waals surface area (Å²) in [6, 6.07) is 23.0. The van der Waals surface area contributed by atoms with Gasteiger partial charge in [-0.25, -0.2) is 9.78 Å². The van der Waals surface area contributed by atoms with Gasteiger partial charge in [0, 0.05) is 24.2 Å². The van der Waals surface area contributed by atoms with E-state index in [0.717, 1.165) is 22.4 Å². The predicted octanol–water partition coefficient (Wildman–Crippen LogP) is 5.17. The van der Waals surface area contributed by atoms with Crippen molar-refractivity contribution in [3.05, 3.63) is 102 Å². The minimum Gasteiger partial charge on any atom is -0.489 e. The molecule has 0 saturated heterocycles. The second kappa shape index (κ2) is 9.63. The molecule has 0 spiro atoms. The fourth-order valence-electron chi connectivity index (χ4n) is 3.28. The maximum atomic E-state index is 12.0. The number of hydrogen-bond acceptors (Lipinski definition) is 5. The Kier molecular flexibility index (Phi) is 6.28. The van der Waals surface area contributed by atoms with Gasteiger partial charge in [0.1, 0.15) is 24.2 Å². The SMILES string of the molecule is CCOC(=O)c1ccnc(-n2cc(C#N)c(-c3ccc(OCc4ccccc4)cc3)c2)c1. The minimum absolute atomic E-state index is 0.299. The van der Waals surface area contributed by atoms with Crippen molar-refractivity contribution in [1.82, 2.24) is 9.55 Å². The van der Waals surface area contributed by atoms with Crippen LogP contribution in [0, 0.1) is 11.3 Å². The molecule has 0 saturated carbocycles. The van der Waals surface area contributed by atoms with Crippen molar-refractivity contribution in [2.45, 2.75) is 13.5 Å². The van der Waals surface area contributed by atoms with Gasteiger partial charge in [0.05, 0.1) is 17.7 Å². The van der Waals surface area contributed by atoms with Crippen LogP contribution in [0.4, 0.5) is 0 Å². The molecule has 4 aromatic rings. The van der Waals surface area contributed by atoms with E-state index in [1.54, 1.807) is 36.0 Å². The molecule has 32 heavy (non-hydrogen) atoms. The Morgan fingerprint density at radius 3 is 2.56 bits per heavy atom. The highest BCUT2D eigenvalue weighted by Gasteiger charge is 2.13. The number of benzene rings is 2. The lowest BCUT2D eigenvalue weighted by Crippen LogP contribution is -2.06. The van der Waals surface area contributed by atoms with Crippen LogP contribution in [0.5, 0.6) is 5.75 Å². The smallest absolute Gasteiger partial charge is 0.338 e. The second-order valence-electron chi connectivity index (χ2n) is 7.03. The van der Waals surface area contributed by atoms with Crippen LogP contribution in [0.2, 0.25) is 0 Å². The van der Waals surface area contributed by atoms with Crippen LogP contribution in [0.15, 0.2) is 85.3 Å². The summed E-state index contributed by atoms with van der Waals surface area (Å²) in [6.45, 7) is 2.55. The molecule has 6 heteroatoms.